The van der Waals surface area contributed by atoms with Crippen molar-refractivity contribution in [3.05, 3.63) is 36.2 Å². The Hall–Kier alpha value is -2.90. The number of amides is 1. The molecule has 3 atom stereocenters. The van der Waals surface area contributed by atoms with Crippen molar-refractivity contribution in [2.24, 2.45) is 17.8 Å². The smallest absolute Gasteiger partial charge is 0.321 e. The summed E-state index contributed by atoms with van der Waals surface area (Å²) >= 11 is 0. The van der Waals surface area contributed by atoms with Crippen LogP contribution >= 0.6 is 0 Å². The number of methoxy groups -OCH3 is 2. The predicted octanol–water partition coefficient (Wildman–Crippen LogP) is 1.67. The van der Waals surface area contributed by atoms with Gasteiger partial charge in [0.2, 0.25) is 11.8 Å². The molecule has 1 amide bonds. The Morgan fingerprint density at radius 3 is 2.93 bits per heavy atom. The molecule has 148 valence electrons. The van der Waals surface area contributed by atoms with Gasteiger partial charge < -0.3 is 19.7 Å². The van der Waals surface area contributed by atoms with Crippen LogP contribution in [0.5, 0.6) is 11.9 Å². The number of nitrogens with zero attached hydrogens (tertiary/aromatic N) is 4. The van der Waals surface area contributed by atoms with Crippen LogP contribution in [0.15, 0.2) is 30.5 Å². The molecule has 4 rings (SSSR count). The third-order valence-corrected chi connectivity index (χ3v) is 5.77. The quantitative estimate of drug-likeness (QED) is 0.811. The van der Waals surface area contributed by atoms with Crippen molar-refractivity contribution in [2.75, 3.05) is 32.2 Å². The van der Waals surface area contributed by atoms with E-state index in [4.69, 9.17) is 9.47 Å². The maximum absolute atomic E-state index is 12.7. The van der Waals surface area contributed by atoms with Crippen LogP contribution in [0.1, 0.15) is 18.5 Å². The number of nitrogens with one attached hydrogen (secondary N) is 1. The second-order valence-corrected chi connectivity index (χ2v) is 7.29. The molecule has 1 N–H and O–H groups in total. The molecule has 1 aliphatic carbocycles. The summed E-state index contributed by atoms with van der Waals surface area (Å²) in [6, 6.07) is 7.82. The Kier molecular flexibility index (Phi) is 5.27. The minimum absolute atomic E-state index is 0.0436. The molecule has 2 fully saturated rings. The third kappa shape index (κ3) is 3.72. The normalized spacial score (nSPS) is 23.4. The number of carbonyl (C=O) groups excluding carboxylic acids is 1. The van der Waals surface area contributed by atoms with Gasteiger partial charge in [0, 0.05) is 31.3 Å². The highest BCUT2D eigenvalue weighted by Crippen LogP contribution is 2.46. The monoisotopic (exact) mass is 383 g/mol. The molecule has 0 spiro atoms. The predicted molar refractivity (Wildman–Crippen MR) is 103 cm³/mol. The van der Waals surface area contributed by atoms with Crippen molar-refractivity contribution in [3.8, 4) is 11.9 Å². The third-order valence-electron chi connectivity index (χ3n) is 5.77. The lowest BCUT2D eigenvalue weighted by molar-refractivity contribution is -0.134. The number of aromatic nitrogens is 3. The van der Waals surface area contributed by atoms with Crippen molar-refractivity contribution in [1.29, 1.82) is 0 Å². The van der Waals surface area contributed by atoms with Crippen molar-refractivity contribution in [3.63, 3.8) is 0 Å². The molecule has 0 bridgehead atoms. The number of carbonyl (C=O) groups is 1. The molecule has 8 nitrogen and oxygen atoms in total. The van der Waals surface area contributed by atoms with Crippen LogP contribution in [0.4, 0.5) is 5.82 Å². The Bertz CT molecular complexity index is 810. The molecule has 0 radical (unpaired) electrons. The van der Waals surface area contributed by atoms with Gasteiger partial charge in [0.1, 0.15) is 5.82 Å². The highest BCUT2D eigenvalue weighted by molar-refractivity contribution is 5.80. The summed E-state index contributed by atoms with van der Waals surface area (Å²) in [6.07, 6.45) is 3.76. The molecule has 2 aliphatic rings. The molecule has 3 heterocycles. The molecule has 8 heteroatoms. The van der Waals surface area contributed by atoms with Gasteiger partial charge in [0.05, 0.1) is 26.5 Å². The summed E-state index contributed by atoms with van der Waals surface area (Å²) in [6.45, 7) is 2.18. The number of fused-ring (bicyclic) bond motifs is 1. The van der Waals surface area contributed by atoms with Gasteiger partial charge in [-0.15, -0.1) is 0 Å². The number of piperidine rings is 1. The SMILES string of the molecule is COc1cc(N2CC[C@@H]3C[C@@H](C(=O)NCc4ccccn4)[C@@H]3C2)nc(OC)n1. The van der Waals surface area contributed by atoms with Crippen molar-refractivity contribution < 1.29 is 14.3 Å². The minimum atomic E-state index is 0.0436. The minimum Gasteiger partial charge on any atom is -0.481 e. The zero-order valence-electron chi connectivity index (χ0n) is 16.2. The van der Waals surface area contributed by atoms with E-state index in [1.165, 1.54) is 0 Å². The van der Waals surface area contributed by atoms with E-state index in [0.29, 0.717) is 24.3 Å². The molecule has 2 aromatic rings. The molecule has 1 saturated carbocycles. The number of pyridine rings is 1. The number of hydrogen-bond acceptors (Lipinski definition) is 7. The first-order valence-electron chi connectivity index (χ1n) is 9.57. The van der Waals surface area contributed by atoms with Crippen LogP contribution in [0.25, 0.3) is 0 Å². The van der Waals surface area contributed by atoms with E-state index in [-0.39, 0.29) is 17.8 Å². The molecule has 28 heavy (non-hydrogen) atoms. The van der Waals surface area contributed by atoms with Gasteiger partial charge in [0.15, 0.2) is 0 Å². The maximum atomic E-state index is 12.7. The van der Waals surface area contributed by atoms with E-state index in [1.54, 1.807) is 20.4 Å². The first kappa shape index (κ1) is 18.5. The highest BCUT2D eigenvalue weighted by Gasteiger charge is 2.47. The fourth-order valence-corrected chi connectivity index (χ4v) is 4.16. The Morgan fingerprint density at radius 2 is 2.18 bits per heavy atom. The average Bonchev–Trinajstić information content (AvgIpc) is 2.73. The Morgan fingerprint density at radius 1 is 1.29 bits per heavy atom. The van der Waals surface area contributed by atoms with Crippen LogP contribution in [0.3, 0.4) is 0 Å². The van der Waals surface area contributed by atoms with E-state index in [0.717, 1.165) is 37.4 Å². The van der Waals surface area contributed by atoms with Crippen LogP contribution in [-0.4, -0.2) is 48.2 Å². The van der Waals surface area contributed by atoms with Gasteiger partial charge in [-0.3, -0.25) is 9.78 Å². The summed E-state index contributed by atoms with van der Waals surface area (Å²) in [5.41, 5.74) is 0.872. The molecular weight excluding hydrogens is 358 g/mol. The van der Waals surface area contributed by atoms with Crippen molar-refractivity contribution >= 4 is 11.7 Å². The molecule has 0 aromatic carbocycles. The fourth-order valence-electron chi connectivity index (χ4n) is 4.16. The fraction of sp³-hybridized carbons (Fsp3) is 0.500. The number of hydrogen-bond donors (Lipinski definition) is 1. The van der Waals surface area contributed by atoms with Gasteiger partial charge in [-0.1, -0.05) is 6.07 Å². The van der Waals surface area contributed by atoms with Crippen LogP contribution < -0.4 is 19.7 Å². The lowest BCUT2D eigenvalue weighted by atomic mass is 9.61. The van der Waals surface area contributed by atoms with Crippen LogP contribution in [0, 0.1) is 17.8 Å². The van der Waals surface area contributed by atoms with Gasteiger partial charge >= 0.3 is 6.01 Å². The summed E-state index contributed by atoms with van der Waals surface area (Å²) < 4.78 is 10.4. The van der Waals surface area contributed by atoms with Gasteiger partial charge in [-0.05, 0) is 36.8 Å². The maximum Gasteiger partial charge on any atom is 0.321 e. The Balaban J connectivity index is 1.40. The van der Waals surface area contributed by atoms with Crippen LogP contribution in [0.2, 0.25) is 0 Å². The molecular formula is C20H25N5O3. The molecule has 1 saturated heterocycles. The van der Waals surface area contributed by atoms with Crippen molar-refractivity contribution in [2.45, 2.75) is 19.4 Å². The number of rotatable bonds is 6. The standard InChI is InChI=1S/C20H25N5O3/c1-27-18-10-17(23-20(24-18)28-2)25-8-6-13-9-15(16(13)12-25)19(26)22-11-14-5-3-4-7-21-14/h3-5,7,10,13,15-16H,6,8-9,11-12H2,1-2H3,(H,22,26)/t13-,15-,16-/m1/s1. The summed E-state index contributed by atoms with van der Waals surface area (Å²) in [7, 11) is 3.12. The number of ether oxygens (including phenoxy) is 2. The summed E-state index contributed by atoms with van der Waals surface area (Å²) in [5.74, 6) is 2.36. The van der Waals surface area contributed by atoms with E-state index in [9.17, 15) is 4.79 Å². The van der Waals surface area contributed by atoms with E-state index in [2.05, 4.69) is 25.2 Å². The molecule has 2 aromatic heterocycles. The van der Waals surface area contributed by atoms with Gasteiger partial charge in [-0.25, -0.2) is 0 Å². The molecule has 0 unspecified atom stereocenters. The van der Waals surface area contributed by atoms with Gasteiger partial charge in [0.25, 0.3) is 0 Å². The highest BCUT2D eigenvalue weighted by atomic mass is 16.5. The first-order valence-corrected chi connectivity index (χ1v) is 9.57. The average molecular weight is 383 g/mol. The van der Waals surface area contributed by atoms with E-state index < -0.39 is 0 Å². The number of anilines is 1. The first-order chi connectivity index (χ1) is 13.7. The van der Waals surface area contributed by atoms with E-state index in [1.807, 2.05) is 24.3 Å². The molecule has 1 aliphatic heterocycles. The van der Waals surface area contributed by atoms with Crippen molar-refractivity contribution in [1.82, 2.24) is 20.3 Å². The van der Waals surface area contributed by atoms with Gasteiger partial charge in [-0.2, -0.15) is 9.97 Å². The second-order valence-electron chi connectivity index (χ2n) is 7.29. The topological polar surface area (TPSA) is 89.5 Å². The zero-order valence-corrected chi connectivity index (χ0v) is 16.2. The van der Waals surface area contributed by atoms with Crippen LogP contribution in [-0.2, 0) is 11.3 Å². The lowest BCUT2D eigenvalue weighted by Gasteiger charge is -2.50. The largest absolute Gasteiger partial charge is 0.481 e. The van der Waals surface area contributed by atoms with E-state index >= 15 is 0 Å². The summed E-state index contributed by atoms with van der Waals surface area (Å²) in [4.78, 5) is 27.7. The Labute approximate surface area is 164 Å². The lowest BCUT2D eigenvalue weighted by Crippen LogP contribution is -2.55. The second kappa shape index (κ2) is 8.00. The zero-order chi connectivity index (χ0) is 19.5. The summed E-state index contributed by atoms with van der Waals surface area (Å²) in [5, 5.41) is 3.04.